The molecule has 0 amide bonds. The maximum absolute atomic E-state index is 4.86. The van der Waals surface area contributed by atoms with Crippen molar-refractivity contribution in [2.45, 2.75) is 13.8 Å². The van der Waals surface area contributed by atoms with Crippen LogP contribution >= 0.6 is 0 Å². The van der Waals surface area contributed by atoms with Gasteiger partial charge < -0.3 is 9.47 Å². The molecule has 0 aromatic carbocycles. The SMILES string of the molecule is C=COCC(C)C.COC. The molecule has 10 heavy (non-hydrogen) atoms. The van der Waals surface area contributed by atoms with Gasteiger partial charge in [-0.15, -0.1) is 0 Å². The lowest BCUT2D eigenvalue weighted by atomic mass is 10.2. The number of rotatable bonds is 3. The van der Waals surface area contributed by atoms with E-state index in [0.717, 1.165) is 6.61 Å². The van der Waals surface area contributed by atoms with Gasteiger partial charge in [0, 0.05) is 14.2 Å². The van der Waals surface area contributed by atoms with E-state index in [1.165, 1.54) is 6.26 Å². The molecule has 0 aliphatic heterocycles. The average Bonchev–Trinajstić information content (AvgIpc) is 1.85. The van der Waals surface area contributed by atoms with Crippen molar-refractivity contribution < 1.29 is 9.47 Å². The van der Waals surface area contributed by atoms with Crippen LogP contribution in [0.3, 0.4) is 0 Å². The number of hydrogen-bond acceptors (Lipinski definition) is 2. The fourth-order valence-electron chi connectivity index (χ4n) is 0.260. The van der Waals surface area contributed by atoms with E-state index in [1.54, 1.807) is 14.2 Å². The van der Waals surface area contributed by atoms with Gasteiger partial charge in [0.15, 0.2) is 0 Å². The summed E-state index contributed by atoms with van der Waals surface area (Å²) in [6.45, 7) is 8.39. The van der Waals surface area contributed by atoms with Crippen LogP contribution in [0.5, 0.6) is 0 Å². The number of ether oxygens (including phenoxy) is 2. The molecule has 0 saturated carbocycles. The normalized spacial score (nSPS) is 8.10. The van der Waals surface area contributed by atoms with Crippen LogP contribution in [0.1, 0.15) is 13.8 Å². The zero-order valence-electron chi connectivity index (χ0n) is 7.39. The van der Waals surface area contributed by atoms with Crippen LogP contribution in [0, 0.1) is 5.92 Å². The first-order valence-corrected chi connectivity index (χ1v) is 3.31. The molecule has 0 aliphatic carbocycles. The van der Waals surface area contributed by atoms with Gasteiger partial charge in [-0.05, 0) is 5.92 Å². The first kappa shape index (κ1) is 12.2. The highest BCUT2D eigenvalue weighted by Crippen LogP contribution is 1.90. The molecule has 0 fully saturated rings. The molecule has 0 unspecified atom stereocenters. The predicted molar refractivity (Wildman–Crippen MR) is 43.9 cm³/mol. The van der Waals surface area contributed by atoms with Crippen molar-refractivity contribution in [3.05, 3.63) is 12.8 Å². The molecule has 0 N–H and O–H groups in total. The minimum absolute atomic E-state index is 0.609. The van der Waals surface area contributed by atoms with Crippen molar-refractivity contribution in [1.29, 1.82) is 0 Å². The number of hydrogen-bond donors (Lipinski definition) is 0. The van der Waals surface area contributed by atoms with E-state index in [4.69, 9.17) is 4.74 Å². The third-order valence-corrected chi connectivity index (χ3v) is 0.547. The molecular weight excluding hydrogens is 128 g/mol. The quantitative estimate of drug-likeness (QED) is 0.567. The van der Waals surface area contributed by atoms with Crippen LogP contribution in [0.2, 0.25) is 0 Å². The van der Waals surface area contributed by atoms with Crippen molar-refractivity contribution in [3.63, 3.8) is 0 Å². The molecule has 0 radical (unpaired) electrons. The van der Waals surface area contributed by atoms with Crippen molar-refractivity contribution in [3.8, 4) is 0 Å². The molecule has 0 spiro atoms. The van der Waals surface area contributed by atoms with Crippen LogP contribution in [0.4, 0.5) is 0 Å². The molecule has 0 rings (SSSR count). The smallest absolute Gasteiger partial charge is 0.0895 e. The minimum Gasteiger partial charge on any atom is -0.502 e. The minimum atomic E-state index is 0.609. The Morgan fingerprint density at radius 1 is 1.40 bits per heavy atom. The summed E-state index contributed by atoms with van der Waals surface area (Å²) in [4.78, 5) is 0. The van der Waals surface area contributed by atoms with Crippen molar-refractivity contribution in [2.24, 2.45) is 5.92 Å². The highest BCUT2D eigenvalue weighted by molar-refractivity contribution is 4.49. The molecule has 0 aromatic heterocycles. The molecule has 0 aromatic rings. The zero-order valence-corrected chi connectivity index (χ0v) is 7.39. The maximum atomic E-state index is 4.86. The molecular formula is C8H18O2. The van der Waals surface area contributed by atoms with Crippen molar-refractivity contribution >= 4 is 0 Å². The fraction of sp³-hybridized carbons (Fsp3) is 0.750. The topological polar surface area (TPSA) is 18.5 Å². The summed E-state index contributed by atoms with van der Waals surface area (Å²) in [7, 11) is 3.25. The van der Waals surface area contributed by atoms with Gasteiger partial charge in [0.25, 0.3) is 0 Å². The van der Waals surface area contributed by atoms with Crippen LogP contribution in [-0.4, -0.2) is 20.8 Å². The van der Waals surface area contributed by atoms with Gasteiger partial charge in [0.05, 0.1) is 12.9 Å². The predicted octanol–water partition coefficient (Wildman–Crippen LogP) is 2.07. The Kier molecular flexibility index (Phi) is 13.8. The highest BCUT2D eigenvalue weighted by Gasteiger charge is 1.87. The van der Waals surface area contributed by atoms with E-state index in [1.807, 2.05) is 0 Å². The van der Waals surface area contributed by atoms with E-state index in [-0.39, 0.29) is 0 Å². The lowest BCUT2D eigenvalue weighted by Crippen LogP contribution is -1.95. The number of methoxy groups -OCH3 is 1. The summed E-state index contributed by atoms with van der Waals surface area (Å²) < 4.78 is 9.11. The molecule has 0 saturated heterocycles. The maximum Gasteiger partial charge on any atom is 0.0895 e. The van der Waals surface area contributed by atoms with Crippen LogP contribution in [0.15, 0.2) is 12.8 Å². The Bertz CT molecular complexity index is 60.3. The molecule has 2 heteroatoms. The van der Waals surface area contributed by atoms with E-state index in [0.29, 0.717) is 5.92 Å². The fourth-order valence-corrected chi connectivity index (χ4v) is 0.260. The molecule has 0 atom stereocenters. The summed E-state index contributed by atoms with van der Waals surface area (Å²) in [6.07, 6.45) is 1.47. The highest BCUT2D eigenvalue weighted by atomic mass is 16.5. The largest absolute Gasteiger partial charge is 0.502 e. The third-order valence-electron chi connectivity index (χ3n) is 0.547. The first-order valence-electron chi connectivity index (χ1n) is 3.31. The lowest BCUT2D eigenvalue weighted by molar-refractivity contribution is 0.212. The second-order valence-electron chi connectivity index (χ2n) is 2.30. The first-order chi connectivity index (χ1) is 4.68. The van der Waals surface area contributed by atoms with Gasteiger partial charge in [-0.25, -0.2) is 0 Å². The third kappa shape index (κ3) is 25.9. The Morgan fingerprint density at radius 3 is 1.90 bits per heavy atom. The van der Waals surface area contributed by atoms with E-state index < -0.39 is 0 Å². The van der Waals surface area contributed by atoms with E-state index in [9.17, 15) is 0 Å². The van der Waals surface area contributed by atoms with Crippen LogP contribution in [-0.2, 0) is 9.47 Å². The molecule has 0 heterocycles. The lowest BCUT2D eigenvalue weighted by Gasteiger charge is -2.00. The zero-order chi connectivity index (χ0) is 8.41. The molecule has 0 bridgehead atoms. The van der Waals surface area contributed by atoms with Gasteiger partial charge in [-0.1, -0.05) is 20.4 Å². The van der Waals surface area contributed by atoms with Gasteiger partial charge in [-0.3, -0.25) is 0 Å². The summed E-state index contributed by atoms with van der Waals surface area (Å²) in [5, 5.41) is 0. The van der Waals surface area contributed by atoms with Crippen LogP contribution in [0.25, 0.3) is 0 Å². The summed E-state index contributed by atoms with van der Waals surface area (Å²) in [5.74, 6) is 0.609. The second-order valence-corrected chi connectivity index (χ2v) is 2.30. The van der Waals surface area contributed by atoms with E-state index in [2.05, 4.69) is 25.2 Å². The van der Waals surface area contributed by atoms with E-state index >= 15 is 0 Å². The van der Waals surface area contributed by atoms with Gasteiger partial charge in [0.2, 0.25) is 0 Å². The summed E-state index contributed by atoms with van der Waals surface area (Å²) in [5.41, 5.74) is 0. The Hall–Kier alpha value is -0.500. The molecule has 62 valence electrons. The monoisotopic (exact) mass is 146 g/mol. The van der Waals surface area contributed by atoms with Gasteiger partial charge >= 0.3 is 0 Å². The van der Waals surface area contributed by atoms with Crippen molar-refractivity contribution in [2.75, 3.05) is 20.8 Å². The van der Waals surface area contributed by atoms with Crippen molar-refractivity contribution in [1.82, 2.24) is 0 Å². The standard InChI is InChI=1S/C6H12O.C2H6O/c1-4-7-5-6(2)3;1-3-2/h4,6H,1,5H2,2-3H3;1-2H3. The summed E-state index contributed by atoms with van der Waals surface area (Å²) >= 11 is 0. The molecule has 2 nitrogen and oxygen atoms in total. The Morgan fingerprint density at radius 2 is 1.80 bits per heavy atom. The average molecular weight is 146 g/mol. The molecule has 0 aliphatic rings. The van der Waals surface area contributed by atoms with Gasteiger partial charge in [0.1, 0.15) is 0 Å². The Labute approximate surface area is 63.8 Å². The Balaban J connectivity index is 0. The second kappa shape index (κ2) is 11.3. The van der Waals surface area contributed by atoms with Gasteiger partial charge in [-0.2, -0.15) is 0 Å². The summed E-state index contributed by atoms with van der Waals surface area (Å²) in [6, 6.07) is 0. The van der Waals surface area contributed by atoms with Crippen LogP contribution < -0.4 is 0 Å².